The SMILES string of the molecule is CC(C)N=C(N)Nc1c(F)cc(F)cc1F. The maximum atomic E-state index is 13.2. The Hall–Kier alpha value is -1.72. The van der Waals surface area contributed by atoms with Crippen LogP contribution in [0.2, 0.25) is 0 Å². The normalized spacial score (nSPS) is 12.0. The number of aliphatic imine (C=N–C) groups is 1. The fraction of sp³-hybridized carbons (Fsp3) is 0.300. The summed E-state index contributed by atoms with van der Waals surface area (Å²) < 4.78 is 38.9. The molecule has 88 valence electrons. The summed E-state index contributed by atoms with van der Waals surface area (Å²) in [7, 11) is 0. The van der Waals surface area contributed by atoms with Crippen LogP contribution in [0.15, 0.2) is 17.1 Å². The molecule has 0 aliphatic carbocycles. The van der Waals surface area contributed by atoms with Gasteiger partial charge in [0.2, 0.25) is 0 Å². The molecule has 1 aromatic rings. The van der Waals surface area contributed by atoms with Gasteiger partial charge in [0.1, 0.15) is 11.5 Å². The third kappa shape index (κ3) is 3.15. The van der Waals surface area contributed by atoms with Crippen LogP contribution in [0.1, 0.15) is 13.8 Å². The molecular formula is C10H12F3N3. The van der Waals surface area contributed by atoms with Gasteiger partial charge in [-0.15, -0.1) is 0 Å². The molecule has 0 amide bonds. The zero-order valence-electron chi connectivity index (χ0n) is 8.89. The maximum Gasteiger partial charge on any atom is 0.193 e. The molecule has 0 aromatic heterocycles. The van der Waals surface area contributed by atoms with Crippen LogP contribution < -0.4 is 11.1 Å². The number of rotatable bonds is 2. The van der Waals surface area contributed by atoms with E-state index in [-0.39, 0.29) is 12.0 Å². The highest BCUT2D eigenvalue weighted by molar-refractivity contribution is 5.92. The minimum atomic E-state index is -1.06. The van der Waals surface area contributed by atoms with Crippen LogP contribution in [0.4, 0.5) is 18.9 Å². The number of guanidine groups is 1. The Labute approximate surface area is 91.2 Å². The third-order valence-corrected chi connectivity index (χ3v) is 1.66. The average Bonchev–Trinajstić information content (AvgIpc) is 2.09. The van der Waals surface area contributed by atoms with Gasteiger partial charge in [-0.2, -0.15) is 0 Å². The number of benzene rings is 1. The van der Waals surface area contributed by atoms with Crippen LogP contribution in [0.3, 0.4) is 0 Å². The van der Waals surface area contributed by atoms with Gasteiger partial charge in [0.15, 0.2) is 17.6 Å². The second-order valence-electron chi connectivity index (χ2n) is 3.48. The average molecular weight is 231 g/mol. The molecular weight excluding hydrogens is 219 g/mol. The Morgan fingerprint density at radius 3 is 2.19 bits per heavy atom. The second-order valence-corrected chi connectivity index (χ2v) is 3.48. The summed E-state index contributed by atoms with van der Waals surface area (Å²) in [6.45, 7) is 3.51. The summed E-state index contributed by atoms with van der Waals surface area (Å²) in [5.41, 5.74) is 4.88. The molecule has 0 heterocycles. The molecule has 3 N–H and O–H groups in total. The summed E-state index contributed by atoms with van der Waals surface area (Å²) in [4.78, 5) is 3.83. The minimum Gasteiger partial charge on any atom is -0.370 e. The molecule has 0 bridgehead atoms. The Balaban J connectivity index is 2.98. The third-order valence-electron chi connectivity index (χ3n) is 1.66. The smallest absolute Gasteiger partial charge is 0.193 e. The van der Waals surface area contributed by atoms with Crippen molar-refractivity contribution in [3.05, 3.63) is 29.6 Å². The molecule has 0 atom stereocenters. The van der Waals surface area contributed by atoms with Gasteiger partial charge in [-0.1, -0.05) is 0 Å². The summed E-state index contributed by atoms with van der Waals surface area (Å²) in [5.74, 6) is -3.22. The Kier molecular flexibility index (Phi) is 3.76. The van der Waals surface area contributed by atoms with E-state index in [2.05, 4.69) is 10.3 Å². The van der Waals surface area contributed by atoms with Gasteiger partial charge in [0.05, 0.1) is 0 Å². The van der Waals surface area contributed by atoms with Crippen molar-refractivity contribution in [3.63, 3.8) is 0 Å². The van der Waals surface area contributed by atoms with Gasteiger partial charge in [0.25, 0.3) is 0 Å². The first-order chi connectivity index (χ1) is 7.40. The molecule has 6 heteroatoms. The fourth-order valence-electron chi connectivity index (χ4n) is 1.10. The van der Waals surface area contributed by atoms with Gasteiger partial charge in [-0.25, -0.2) is 13.2 Å². The molecule has 0 unspecified atom stereocenters. The highest BCUT2D eigenvalue weighted by atomic mass is 19.1. The largest absolute Gasteiger partial charge is 0.370 e. The van der Waals surface area contributed by atoms with E-state index >= 15 is 0 Å². The van der Waals surface area contributed by atoms with Crippen molar-refractivity contribution < 1.29 is 13.2 Å². The lowest BCUT2D eigenvalue weighted by Gasteiger charge is -2.09. The predicted molar refractivity (Wildman–Crippen MR) is 56.7 cm³/mol. The van der Waals surface area contributed by atoms with Crippen LogP contribution in [0, 0.1) is 17.5 Å². The van der Waals surface area contributed by atoms with Crippen LogP contribution in [0.5, 0.6) is 0 Å². The lowest BCUT2D eigenvalue weighted by atomic mass is 10.3. The Morgan fingerprint density at radius 1 is 1.25 bits per heavy atom. The number of nitrogens with two attached hydrogens (primary N) is 1. The summed E-state index contributed by atoms with van der Waals surface area (Å²) in [6.07, 6.45) is 0. The van der Waals surface area contributed by atoms with Gasteiger partial charge < -0.3 is 11.1 Å². The summed E-state index contributed by atoms with van der Waals surface area (Å²) in [5, 5.41) is 2.25. The lowest BCUT2D eigenvalue weighted by molar-refractivity contribution is 0.549. The number of nitrogens with zero attached hydrogens (tertiary/aromatic N) is 1. The predicted octanol–water partition coefficient (Wildman–Crippen LogP) is 2.24. The van der Waals surface area contributed by atoms with Crippen molar-refractivity contribution in [2.24, 2.45) is 10.7 Å². The van der Waals surface area contributed by atoms with Crippen molar-refractivity contribution in [3.8, 4) is 0 Å². The van der Waals surface area contributed by atoms with E-state index in [0.717, 1.165) is 0 Å². The van der Waals surface area contributed by atoms with E-state index in [1.165, 1.54) is 0 Å². The van der Waals surface area contributed by atoms with E-state index in [4.69, 9.17) is 5.73 Å². The van der Waals surface area contributed by atoms with Gasteiger partial charge >= 0.3 is 0 Å². The lowest BCUT2D eigenvalue weighted by Crippen LogP contribution is -2.25. The first-order valence-corrected chi connectivity index (χ1v) is 4.65. The van der Waals surface area contributed by atoms with Crippen molar-refractivity contribution in [1.82, 2.24) is 0 Å². The van der Waals surface area contributed by atoms with Crippen LogP contribution in [0.25, 0.3) is 0 Å². The van der Waals surface area contributed by atoms with E-state index < -0.39 is 23.1 Å². The van der Waals surface area contributed by atoms with Crippen LogP contribution >= 0.6 is 0 Å². The highest BCUT2D eigenvalue weighted by Crippen LogP contribution is 2.19. The molecule has 0 aliphatic heterocycles. The van der Waals surface area contributed by atoms with Crippen molar-refractivity contribution in [1.29, 1.82) is 0 Å². The number of anilines is 1. The van der Waals surface area contributed by atoms with Gasteiger partial charge in [-0.05, 0) is 13.8 Å². The molecule has 1 rings (SSSR count). The molecule has 0 saturated heterocycles. The summed E-state index contributed by atoms with van der Waals surface area (Å²) in [6, 6.07) is 1.02. The molecule has 3 nitrogen and oxygen atoms in total. The first kappa shape index (κ1) is 12.4. The molecule has 0 saturated carbocycles. The topological polar surface area (TPSA) is 50.4 Å². The van der Waals surface area contributed by atoms with E-state index in [1.54, 1.807) is 13.8 Å². The van der Waals surface area contributed by atoms with Crippen molar-refractivity contribution in [2.45, 2.75) is 19.9 Å². The number of halogens is 3. The van der Waals surface area contributed by atoms with Gasteiger partial charge in [-0.3, -0.25) is 4.99 Å². The van der Waals surface area contributed by atoms with Crippen LogP contribution in [-0.2, 0) is 0 Å². The zero-order valence-corrected chi connectivity index (χ0v) is 8.89. The molecule has 0 spiro atoms. The molecule has 0 aliphatic rings. The monoisotopic (exact) mass is 231 g/mol. The standard InChI is InChI=1S/C10H12F3N3/c1-5(2)15-10(14)16-9-7(12)3-6(11)4-8(9)13/h3-5H,1-2H3,(H3,14,15,16). The van der Waals surface area contributed by atoms with E-state index in [1.807, 2.05) is 0 Å². The fourth-order valence-corrected chi connectivity index (χ4v) is 1.10. The van der Waals surface area contributed by atoms with E-state index in [0.29, 0.717) is 12.1 Å². The number of hydrogen-bond donors (Lipinski definition) is 2. The molecule has 0 radical (unpaired) electrons. The van der Waals surface area contributed by atoms with Crippen molar-refractivity contribution >= 4 is 11.6 Å². The van der Waals surface area contributed by atoms with E-state index in [9.17, 15) is 13.2 Å². The molecule has 0 fully saturated rings. The Bertz CT molecular complexity index is 393. The minimum absolute atomic E-state index is 0.112. The number of hydrogen-bond acceptors (Lipinski definition) is 1. The van der Waals surface area contributed by atoms with Crippen LogP contribution in [-0.4, -0.2) is 12.0 Å². The quantitative estimate of drug-likeness (QED) is 0.605. The zero-order chi connectivity index (χ0) is 12.3. The second kappa shape index (κ2) is 4.87. The summed E-state index contributed by atoms with van der Waals surface area (Å²) >= 11 is 0. The molecule has 1 aromatic carbocycles. The van der Waals surface area contributed by atoms with Crippen molar-refractivity contribution in [2.75, 3.05) is 5.32 Å². The maximum absolute atomic E-state index is 13.2. The Morgan fingerprint density at radius 2 is 1.75 bits per heavy atom. The molecule has 16 heavy (non-hydrogen) atoms. The highest BCUT2D eigenvalue weighted by Gasteiger charge is 2.12. The first-order valence-electron chi connectivity index (χ1n) is 4.65. The number of nitrogens with one attached hydrogen (secondary N) is 1. The van der Waals surface area contributed by atoms with Gasteiger partial charge in [0, 0.05) is 18.2 Å².